The van der Waals surface area contributed by atoms with E-state index in [2.05, 4.69) is 50.0 Å². The third kappa shape index (κ3) is 5.18. The molecule has 192 valence electrons. The van der Waals surface area contributed by atoms with E-state index in [1.807, 2.05) is 30.3 Å². The Morgan fingerprint density at radius 3 is 2.22 bits per heavy atom. The summed E-state index contributed by atoms with van der Waals surface area (Å²) in [6.45, 7) is 7.04. The number of aromatic nitrogens is 1. The Bertz CT molecular complexity index is 1420. The minimum atomic E-state index is -3.66. The van der Waals surface area contributed by atoms with Crippen molar-refractivity contribution in [3.05, 3.63) is 95.8 Å². The highest BCUT2D eigenvalue weighted by Gasteiger charge is 2.45. The maximum absolute atomic E-state index is 13.7. The summed E-state index contributed by atoms with van der Waals surface area (Å²) in [5, 5.41) is 0. The van der Waals surface area contributed by atoms with Crippen molar-refractivity contribution in [2.45, 2.75) is 56.8 Å². The number of carbonyl (C=O) groups is 1. The molecular weight excluding hydrogens is 480 g/mol. The predicted molar refractivity (Wildman–Crippen MR) is 147 cm³/mol. The zero-order chi connectivity index (χ0) is 26.3. The van der Waals surface area contributed by atoms with Crippen LogP contribution in [0.3, 0.4) is 0 Å². The van der Waals surface area contributed by atoms with E-state index < -0.39 is 10.0 Å². The Morgan fingerprint density at radius 1 is 0.919 bits per heavy atom. The molecule has 0 bridgehead atoms. The first kappa shape index (κ1) is 25.6. The van der Waals surface area contributed by atoms with Crippen LogP contribution in [0.15, 0.2) is 89.6 Å². The van der Waals surface area contributed by atoms with E-state index in [9.17, 15) is 13.2 Å². The van der Waals surface area contributed by atoms with Gasteiger partial charge in [0.1, 0.15) is 5.78 Å². The summed E-state index contributed by atoms with van der Waals surface area (Å²) in [6, 6.07) is 19.7. The Labute approximate surface area is 220 Å². The summed E-state index contributed by atoms with van der Waals surface area (Å²) in [4.78, 5) is 16.8. The molecule has 1 unspecified atom stereocenters. The van der Waals surface area contributed by atoms with Crippen LogP contribution in [0.25, 0.3) is 11.1 Å². The lowest BCUT2D eigenvalue weighted by molar-refractivity contribution is -0.120. The van der Waals surface area contributed by atoms with Crippen molar-refractivity contribution < 1.29 is 13.2 Å². The van der Waals surface area contributed by atoms with Crippen molar-refractivity contribution in [2.24, 2.45) is 5.41 Å². The third-order valence-corrected chi connectivity index (χ3v) is 9.67. The molecule has 0 saturated heterocycles. The van der Waals surface area contributed by atoms with E-state index >= 15 is 0 Å². The molecule has 2 heterocycles. The summed E-state index contributed by atoms with van der Waals surface area (Å²) in [5.74, 6) is 0.240. The summed E-state index contributed by atoms with van der Waals surface area (Å²) >= 11 is 0. The van der Waals surface area contributed by atoms with Crippen molar-refractivity contribution >= 4 is 15.8 Å². The molecule has 0 spiro atoms. The highest BCUT2D eigenvalue weighted by Crippen LogP contribution is 2.46. The Kier molecular flexibility index (Phi) is 6.67. The van der Waals surface area contributed by atoms with Crippen molar-refractivity contribution in [1.82, 2.24) is 9.29 Å². The average Bonchev–Trinajstić information content (AvgIpc) is 2.89. The number of fused-ring (bicyclic) bond motifs is 1. The van der Waals surface area contributed by atoms with Crippen LogP contribution in [-0.2, 0) is 26.7 Å². The fraction of sp³-hybridized carbons (Fsp3) is 0.355. The number of nitrogens with zero attached hydrogens (tertiary/aromatic N) is 2. The molecule has 0 amide bonds. The van der Waals surface area contributed by atoms with Crippen molar-refractivity contribution in [3.8, 4) is 11.1 Å². The first-order valence-corrected chi connectivity index (χ1v) is 14.3. The van der Waals surface area contributed by atoms with Crippen molar-refractivity contribution in [1.29, 1.82) is 0 Å². The van der Waals surface area contributed by atoms with Gasteiger partial charge in [0, 0.05) is 43.7 Å². The molecule has 3 aromatic rings. The van der Waals surface area contributed by atoms with Gasteiger partial charge in [-0.1, -0.05) is 68.8 Å². The van der Waals surface area contributed by atoms with E-state index in [1.54, 1.807) is 28.8 Å². The highest BCUT2D eigenvalue weighted by atomic mass is 32.2. The lowest BCUT2D eigenvalue weighted by Crippen LogP contribution is -2.49. The van der Waals surface area contributed by atoms with Gasteiger partial charge in [0.2, 0.25) is 10.0 Å². The first-order chi connectivity index (χ1) is 17.6. The normalized spacial score (nSPS) is 20.8. The average molecular weight is 515 g/mol. The molecule has 37 heavy (non-hydrogen) atoms. The standard InChI is InChI=1S/C31H34N2O3S/c1-30(2,3)26-8-10-29(11-9-26)37(35,36)33-19-15-27-20-28(34)12-16-31(27,22-33)21-23-4-6-24(7-5-23)25-13-17-32-18-14-25/h4-11,13-15,17-18H,12,16,19-22H2,1-3H3. The summed E-state index contributed by atoms with van der Waals surface area (Å²) in [5.41, 5.74) is 5.15. The molecule has 2 aliphatic rings. The van der Waals surface area contributed by atoms with Crippen LogP contribution in [0.2, 0.25) is 0 Å². The fourth-order valence-corrected chi connectivity index (χ4v) is 7.04. The van der Waals surface area contributed by atoms with Gasteiger partial charge >= 0.3 is 0 Å². The Balaban J connectivity index is 1.43. The molecule has 5 rings (SSSR count). The lowest BCUT2D eigenvalue weighted by atomic mass is 9.65. The molecule has 1 atom stereocenters. The number of rotatable bonds is 5. The number of Topliss-reactive ketones (excluding diaryl/α,β-unsaturated/α-hetero) is 1. The van der Waals surface area contributed by atoms with E-state index in [0.29, 0.717) is 43.7 Å². The molecule has 1 aliphatic carbocycles. The smallest absolute Gasteiger partial charge is 0.243 e. The fourth-order valence-electron chi connectivity index (χ4n) is 5.58. The minimum Gasteiger partial charge on any atom is -0.299 e. The molecular formula is C31H34N2O3S. The second-order valence-corrected chi connectivity index (χ2v) is 13.3. The SMILES string of the molecule is CC(C)(C)c1ccc(S(=O)(=O)N2CC=C3CC(=O)CCC3(Cc3ccc(-c4ccncc4)cc3)C2)cc1. The Morgan fingerprint density at radius 2 is 1.57 bits per heavy atom. The molecule has 1 aliphatic heterocycles. The number of ketones is 1. The van der Waals surface area contributed by atoms with Gasteiger partial charge in [-0.15, -0.1) is 0 Å². The molecule has 1 fully saturated rings. The van der Waals surface area contributed by atoms with Gasteiger partial charge in [0.15, 0.2) is 0 Å². The zero-order valence-corrected chi connectivity index (χ0v) is 22.6. The molecule has 0 N–H and O–H groups in total. The predicted octanol–water partition coefficient (Wildman–Crippen LogP) is 5.96. The number of hydrogen-bond acceptors (Lipinski definition) is 4. The number of benzene rings is 2. The quantitative estimate of drug-likeness (QED) is 0.394. The maximum atomic E-state index is 13.7. The monoisotopic (exact) mass is 514 g/mol. The number of carbonyl (C=O) groups excluding carboxylic acids is 1. The van der Waals surface area contributed by atoms with Crippen LogP contribution in [0.5, 0.6) is 0 Å². The van der Waals surface area contributed by atoms with Gasteiger partial charge < -0.3 is 0 Å². The van der Waals surface area contributed by atoms with Gasteiger partial charge in [0.05, 0.1) is 4.90 Å². The summed E-state index contributed by atoms with van der Waals surface area (Å²) in [6.07, 6.45) is 7.84. The zero-order valence-electron chi connectivity index (χ0n) is 21.8. The van der Waals surface area contributed by atoms with Crippen LogP contribution in [-0.4, -0.2) is 36.6 Å². The number of sulfonamides is 1. The van der Waals surface area contributed by atoms with Crippen LogP contribution >= 0.6 is 0 Å². The molecule has 0 radical (unpaired) electrons. The first-order valence-electron chi connectivity index (χ1n) is 12.9. The van der Waals surface area contributed by atoms with Crippen LogP contribution < -0.4 is 0 Å². The van der Waals surface area contributed by atoms with Gasteiger partial charge in [-0.25, -0.2) is 8.42 Å². The van der Waals surface area contributed by atoms with Crippen LogP contribution in [0.4, 0.5) is 0 Å². The van der Waals surface area contributed by atoms with Gasteiger partial charge in [-0.05, 0) is 64.8 Å². The topological polar surface area (TPSA) is 67.3 Å². The van der Waals surface area contributed by atoms with E-state index in [0.717, 1.165) is 27.8 Å². The molecule has 1 aromatic heterocycles. The molecule has 1 saturated carbocycles. The van der Waals surface area contributed by atoms with Crippen molar-refractivity contribution in [3.63, 3.8) is 0 Å². The second-order valence-electron chi connectivity index (χ2n) is 11.4. The van der Waals surface area contributed by atoms with E-state index in [1.165, 1.54) is 0 Å². The van der Waals surface area contributed by atoms with E-state index in [4.69, 9.17) is 0 Å². The molecule has 2 aromatic carbocycles. The minimum absolute atomic E-state index is 0.0449. The molecule has 5 nitrogen and oxygen atoms in total. The van der Waals surface area contributed by atoms with Crippen LogP contribution in [0, 0.1) is 5.41 Å². The van der Waals surface area contributed by atoms with Gasteiger partial charge in [-0.2, -0.15) is 4.31 Å². The third-order valence-electron chi connectivity index (χ3n) is 7.84. The van der Waals surface area contributed by atoms with E-state index in [-0.39, 0.29) is 16.6 Å². The number of hydrogen-bond donors (Lipinski definition) is 0. The summed E-state index contributed by atoms with van der Waals surface area (Å²) < 4.78 is 29.0. The lowest BCUT2D eigenvalue weighted by Gasteiger charge is -2.45. The van der Waals surface area contributed by atoms with Gasteiger partial charge in [-0.3, -0.25) is 9.78 Å². The van der Waals surface area contributed by atoms with Crippen molar-refractivity contribution in [2.75, 3.05) is 13.1 Å². The Hall–Kier alpha value is -3.09. The summed E-state index contributed by atoms with van der Waals surface area (Å²) in [7, 11) is -3.66. The second kappa shape index (κ2) is 9.66. The number of pyridine rings is 1. The van der Waals surface area contributed by atoms with Gasteiger partial charge in [0.25, 0.3) is 0 Å². The molecule has 6 heteroatoms. The highest BCUT2D eigenvalue weighted by molar-refractivity contribution is 7.89. The van der Waals surface area contributed by atoms with Crippen LogP contribution in [0.1, 0.15) is 51.2 Å². The maximum Gasteiger partial charge on any atom is 0.243 e. The largest absolute Gasteiger partial charge is 0.299 e.